The molecule has 1 aliphatic rings. The lowest BCUT2D eigenvalue weighted by Crippen LogP contribution is -2.43. The number of ether oxygens (including phenoxy) is 2. The summed E-state index contributed by atoms with van der Waals surface area (Å²) >= 11 is 3.42. The highest BCUT2D eigenvalue weighted by molar-refractivity contribution is 9.09. The quantitative estimate of drug-likeness (QED) is 0.288. The fourth-order valence-corrected chi connectivity index (χ4v) is 3.50. The minimum absolute atomic E-state index is 0.0962. The van der Waals surface area contributed by atoms with E-state index < -0.39 is 8.32 Å². The Morgan fingerprint density at radius 2 is 1.85 bits per heavy atom. The van der Waals surface area contributed by atoms with Gasteiger partial charge in [-0.15, -0.1) is 0 Å². The first-order chi connectivity index (χ1) is 9.19. The average Bonchev–Trinajstić information content (AvgIpc) is 2.73. The van der Waals surface area contributed by atoms with Crippen LogP contribution >= 0.6 is 15.9 Å². The Balaban J connectivity index is 2.47. The zero-order valence-electron chi connectivity index (χ0n) is 13.6. The van der Waals surface area contributed by atoms with Gasteiger partial charge in [0.2, 0.25) is 0 Å². The van der Waals surface area contributed by atoms with Crippen LogP contribution in [0.5, 0.6) is 0 Å². The molecule has 118 valence electrons. The van der Waals surface area contributed by atoms with Gasteiger partial charge in [0.25, 0.3) is 0 Å². The molecule has 0 bridgehead atoms. The summed E-state index contributed by atoms with van der Waals surface area (Å²) in [6.45, 7) is 14.0. The fraction of sp³-hybridized carbons (Fsp3) is 0.867. The Morgan fingerprint density at radius 3 is 2.35 bits per heavy atom. The van der Waals surface area contributed by atoms with E-state index in [0.717, 1.165) is 6.42 Å². The maximum Gasteiger partial charge on any atom is 0.192 e. The van der Waals surface area contributed by atoms with E-state index in [4.69, 9.17) is 13.9 Å². The van der Waals surface area contributed by atoms with Crippen LogP contribution in [0.25, 0.3) is 0 Å². The van der Waals surface area contributed by atoms with E-state index in [1.807, 2.05) is 6.92 Å². The number of alkyl halides is 1. The van der Waals surface area contributed by atoms with E-state index in [9.17, 15) is 0 Å². The summed E-state index contributed by atoms with van der Waals surface area (Å²) in [7, 11) is -1.71. The van der Waals surface area contributed by atoms with Gasteiger partial charge in [0, 0.05) is 13.0 Å². The molecule has 0 aromatic rings. The fourth-order valence-electron chi connectivity index (χ4n) is 1.88. The van der Waals surface area contributed by atoms with Crippen LogP contribution in [0.2, 0.25) is 18.1 Å². The van der Waals surface area contributed by atoms with Crippen molar-refractivity contribution in [2.45, 2.75) is 70.7 Å². The number of hydrogen-bond donors (Lipinski definition) is 0. The molecule has 3 nitrogen and oxygen atoms in total. The summed E-state index contributed by atoms with van der Waals surface area (Å²) in [5.74, 6) is 0. The summed E-state index contributed by atoms with van der Waals surface area (Å²) in [4.78, 5) is 0. The highest BCUT2D eigenvalue weighted by Crippen LogP contribution is 2.38. The van der Waals surface area contributed by atoms with Crippen molar-refractivity contribution < 1.29 is 13.9 Å². The number of rotatable bonds is 7. The Hall–Kier alpha value is 0.317. The molecule has 1 unspecified atom stereocenters. The maximum atomic E-state index is 6.39. The SMILES string of the molecule is CCOC(CBr)O[C@H]1C=C[C@@H](O[Si](C)(C)C(C)(C)C)C1. The standard InChI is InChI=1S/C15H29BrO3Si/c1-7-17-14(11-16)18-12-8-9-13(10-12)19-20(5,6)15(2,3)4/h8-9,12-14H,7,10-11H2,1-6H3/t12-,13+,14?/m0/s1. The first kappa shape index (κ1) is 18.4. The summed E-state index contributed by atoms with van der Waals surface area (Å²) < 4.78 is 17.8. The van der Waals surface area contributed by atoms with Crippen LogP contribution in [0.3, 0.4) is 0 Å². The largest absolute Gasteiger partial charge is 0.410 e. The Morgan fingerprint density at radius 1 is 1.25 bits per heavy atom. The van der Waals surface area contributed by atoms with Gasteiger partial charge >= 0.3 is 0 Å². The molecular formula is C15H29BrO3Si. The van der Waals surface area contributed by atoms with E-state index in [1.54, 1.807) is 0 Å². The highest BCUT2D eigenvalue weighted by Gasteiger charge is 2.40. The Bertz CT molecular complexity index is 326. The van der Waals surface area contributed by atoms with Crippen molar-refractivity contribution in [1.29, 1.82) is 0 Å². The molecule has 0 fully saturated rings. The number of hydrogen-bond acceptors (Lipinski definition) is 3. The van der Waals surface area contributed by atoms with Gasteiger partial charge in [-0.1, -0.05) is 48.9 Å². The van der Waals surface area contributed by atoms with Crippen LogP contribution in [0, 0.1) is 0 Å². The first-order valence-electron chi connectivity index (χ1n) is 7.38. The molecule has 0 N–H and O–H groups in total. The third kappa shape index (κ3) is 5.26. The minimum atomic E-state index is -1.71. The van der Waals surface area contributed by atoms with E-state index in [0.29, 0.717) is 11.9 Å². The second-order valence-electron chi connectivity index (χ2n) is 6.75. The Labute approximate surface area is 133 Å². The number of halogens is 1. The lowest BCUT2D eigenvalue weighted by molar-refractivity contribution is -0.143. The minimum Gasteiger partial charge on any atom is -0.410 e. The molecule has 0 aromatic heterocycles. The predicted molar refractivity (Wildman–Crippen MR) is 89.9 cm³/mol. The molecule has 0 saturated carbocycles. The van der Waals surface area contributed by atoms with Crippen LogP contribution in [0.4, 0.5) is 0 Å². The maximum absolute atomic E-state index is 6.39. The summed E-state index contributed by atoms with van der Waals surface area (Å²) in [6.07, 6.45) is 5.23. The van der Waals surface area contributed by atoms with E-state index in [2.05, 4.69) is 61.9 Å². The Kier molecular flexibility index (Phi) is 6.92. The first-order valence-corrected chi connectivity index (χ1v) is 11.4. The molecule has 0 spiro atoms. The van der Waals surface area contributed by atoms with Crippen LogP contribution in [0.1, 0.15) is 34.1 Å². The molecule has 0 amide bonds. The lowest BCUT2D eigenvalue weighted by atomic mass is 10.2. The van der Waals surface area contributed by atoms with Gasteiger partial charge in [-0.05, 0) is 25.1 Å². The predicted octanol–water partition coefficient (Wildman–Crippen LogP) is 4.48. The molecular weight excluding hydrogens is 336 g/mol. The average molecular weight is 365 g/mol. The van der Waals surface area contributed by atoms with Gasteiger partial charge in [0.15, 0.2) is 14.6 Å². The van der Waals surface area contributed by atoms with E-state index in [-0.39, 0.29) is 23.5 Å². The molecule has 1 rings (SSSR count). The van der Waals surface area contributed by atoms with Crippen molar-refractivity contribution in [3.05, 3.63) is 12.2 Å². The molecule has 20 heavy (non-hydrogen) atoms. The van der Waals surface area contributed by atoms with E-state index in [1.165, 1.54) is 0 Å². The van der Waals surface area contributed by atoms with E-state index >= 15 is 0 Å². The molecule has 5 heteroatoms. The summed E-state index contributed by atoms with van der Waals surface area (Å²) in [5, 5.41) is 0.933. The highest BCUT2D eigenvalue weighted by atomic mass is 79.9. The van der Waals surface area contributed by atoms with Gasteiger partial charge in [-0.2, -0.15) is 0 Å². The van der Waals surface area contributed by atoms with Gasteiger partial charge in [0.05, 0.1) is 17.5 Å². The van der Waals surface area contributed by atoms with Crippen molar-refractivity contribution in [2.24, 2.45) is 0 Å². The van der Waals surface area contributed by atoms with Crippen molar-refractivity contribution in [3.8, 4) is 0 Å². The molecule has 0 saturated heterocycles. The van der Waals surface area contributed by atoms with Gasteiger partial charge in [-0.3, -0.25) is 0 Å². The smallest absolute Gasteiger partial charge is 0.192 e. The molecule has 0 heterocycles. The zero-order chi connectivity index (χ0) is 15.4. The monoisotopic (exact) mass is 364 g/mol. The van der Waals surface area contributed by atoms with Crippen molar-refractivity contribution in [3.63, 3.8) is 0 Å². The van der Waals surface area contributed by atoms with Crippen LogP contribution in [-0.2, 0) is 13.9 Å². The van der Waals surface area contributed by atoms with Crippen molar-refractivity contribution in [1.82, 2.24) is 0 Å². The normalized spacial score (nSPS) is 25.1. The zero-order valence-corrected chi connectivity index (χ0v) is 16.2. The topological polar surface area (TPSA) is 27.7 Å². The van der Waals surface area contributed by atoms with Gasteiger partial charge < -0.3 is 13.9 Å². The van der Waals surface area contributed by atoms with Crippen LogP contribution in [-0.4, -0.2) is 38.8 Å². The van der Waals surface area contributed by atoms with Gasteiger partial charge in [-0.25, -0.2) is 0 Å². The molecule has 0 aliphatic heterocycles. The van der Waals surface area contributed by atoms with Crippen LogP contribution < -0.4 is 0 Å². The second kappa shape index (κ2) is 7.54. The summed E-state index contributed by atoms with van der Waals surface area (Å²) in [6, 6.07) is 0. The third-order valence-corrected chi connectivity index (χ3v) is 9.10. The molecule has 3 atom stereocenters. The van der Waals surface area contributed by atoms with Crippen molar-refractivity contribution >= 4 is 24.2 Å². The molecule has 0 aromatic carbocycles. The summed E-state index contributed by atoms with van der Waals surface area (Å²) in [5.41, 5.74) is 0. The lowest BCUT2D eigenvalue weighted by Gasteiger charge is -2.38. The third-order valence-electron chi connectivity index (χ3n) is 4.06. The van der Waals surface area contributed by atoms with Crippen LogP contribution in [0.15, 0.2) is 12.2 Å². The molecule has 1 aliphatic carbocycles. The van der Waals surface area contributed by atoms with Crippen molar-refractivity contribution in [2.75, 3.05) is 11.9 Å². The molecule has 0 radical (unpaired) electrons. The second-order valence-corrected chi connectivity index (χ2v) is 12.2. The van der Waals surface area contributed by atoms with Gasteiger partial charge in [0.1, 0.15) is 0 Å².